The zero-order valence-electron chi connectivity index (χ0n) is 15.8. The summed E-state index contributed by atoms with van der Waals surface area (Å²) in [6.45, 7) is 1.45. The molecule has 27 heavy (non-hydrogen) atoms. The molecule has 0 spiro atoms. The summed E-state index contributed by atoms with van der Waals surface area (Å²) in [5.41, 5.74) is 0.954. The van der Waals surface area contributed by atoms with Gasteiger partial charge < -0.3 is 9.64 Å². The molecule has 0 bridgehead atoms. The lowest BCUT2D eigenvalue weighted by Gasteiger charge is -2.25. The average molecular weight is 370 g/mol. The van der Waals surface area contributed by atoms with E-state index in [0.717, 1.165) is 62.2 Å². The van der Waals surface area contributed by atoms with Crippen LogP contribution in [-0.4, -0.2) is 38.8 Å². The summed E-state index contributed by atoms with van der Waals surface area (Å²) in [4.78, 5) is 27.5. The Balaban J connectivity index is 1.51. The zero-order valence-corrected chi connectivity index (χ0v) is 15.8. The molecule has 2 aliphatic rings. The van der Waals surface area contributed by atoms with E-state index in [1.807, 2.05) is 29.2 Å². The molecule has 3 heterocycles. The summed E-state index contributed by atoms with van der Waals surface area (Å²) in [5, 5.41) is 4.45. The fourth-order valence-electron chi connectivity index (χ4n) is 4.19. The van der Waals surface area contributed by atoms with Crippen LogP contribution in [0.5, 0.6) is 5.75 Å². The number of ether oxygens (including phenoxy) is 1. The number of carbonyl (C=O) groups is 1. The number of amides is 1. The molecule has 1 amide bonds. The molecule has 2 aliphatic heterocycles. The number of fused-ring (bicyclic) bond motifs is 1. The molecule has 1 aromatic heterocycles. The molecule has 1 fully saturated rings. The third-order valence-corrected chi connectivity index (χ3v) is 5.64. The van der Waals surface area contributed by atoms with Crippen LogP contribution in [0.25, 0.3) is 0 Å². The van der Waals surface area contributed by atoms with E-state index < -0.39 is 0 Å². The van der Waals surface area contributed by atoms with Crippen LogP contribution in [0.3, 0.4) is 0 Å². The minimum Gasteiger partial charge on any atom is -0.497 e. The first-order valence-electron chi connectivity index (χ1n) is 9.77. The molecule has 1 atom stereocenters. The van der Waals surface area contributed by atoms with Crippen LogP contribution in [-0.2, 0) is 24.3 Å². The topological polar surface area (TPSA) is 69.4 Å². The molecule has 0 saturated carbocycles. The highest BCUT2D eigenvalue weighted by atomic mass is 16.5. The Morgan fingerprint density at radius 2 is 1.96 bits per heavy atom. The maximum absolute atomic E-state index is 12.9. The molecule has 1 unspecified atom stereocenters. The summed E-state index contributed by atoms with van der Waals surface area (Å²) in [6.07, 6.45) is 5.89. The first kappa shape index (κ1) is 17.8. The lowest BCUT2D eigenvalue weighted by molar-refractivity contribution is -0.133. The molecule has 0 N–H and O–H groups in total. The monoisotopic (exact) mass is 370 g/mol. The van der Waals surface area contributed by atoms with Crippen molar-refractivity contribution in [2.45, 2.75) is 57.7 Å². The Morgan fingerprint density at radius 1 is 1.15 bits per heavy atom. The first-order valence-corrected chi connectivity index (χ1v) is 9.77. The molecular weight excluding hydrogens is 344 g/mol. The van der Waals surface area contributed by atoms with Crippen molar-refractivity contribution in [2.24, 2.45) is 0 Å². The van der Waals surface area contributed by atoms with E-state index in [2.05, 4.69) is 5.10 Å². The Morgan fingerprint density at radius 3 is 2.74 bits per heavy atom. The van der Waals surface area contributed by atoms with E-state index >= 15 is 0 Å². The zero-order chi connectivity index (χ0) is 18.8. The standard InChI is InChI=1S/C20H26N4O3/c1-27-16-10-8-15(9-11-16)17-6-5-13-22(17)19(25)14-24-20(26)23-12-4-2-3-7-18(23)21-24/h8-11,17H,2-7,12-14H2,1H3. The van der Waals surface area contributed by atoms with Gasteiger partial charge in [-0.15, -0.1) is 0 Å². The molecule has 0 aliphatic carbocycles. The van der Waals surface area contributed by atoms with Gasteiger partial charge in [0.2, 0.25) is 5.91 Å². The highest BCUT2D eigenvalue weighted by Gasteiger charge is 2.30. The number of methoxy groups -OCH3 is 1. The van der Waals surface area contributed by atoms with Crippen molar-refractivity contribution in [1.29, 1.82) is 0 Å². The summed E-state index contributed by atoms with van der Waals surface area (Å²) in [5.74, 6) is 1.59. The number of hydrogen-bond donors (Lipinski definition) is 0. The molecule has 144 valence electrons. The maximum Gasteiger partial charge on any atom is 0.346 e. The van der Waals surface area contributed by atoms with Gasteiger partial charge in [0.25, 0.3) is 0 Å². The minimum atomic E-state index is -0.152. The van der Waals surface area contributed by atoms with Crippen LogP contribution >= 0.6 is 0 Å². The number of benzene rings is 1. The van der Waals surface area contributed by atoms with Crippen molar-refractivity contribution in [3.05, 3.63) is 46.1 Å². The number of hydrogen-bond acceptors (Lipinski definition) is 4. The third-order valence-electron chi connectivity index (χ3n) is 5.64. The van der Waals surface area contributed by atoms with Gasteiger partial charge in [-0.3, -0.25) is 9.36 Å². The number of aryl methyl sites for hydroxylation is 1. The van der Waals surface area contributed by atoms with Gasteiger partial charge in [-0.2, -0.15) is 5.10 Å². The van der Waals surface area contributed by atoms with E-state index in [-0.39, 0.29) is 24.2 Å². The summed E-state index contributed by atoms with van der Waals surface area (Å²) in [6, 6.07) is 7.93. The third kappa shape index (κ3) is 3.50. The fourth-order valence-corrected chi connectivity index (χ4v) is 4.19. The normalized spacial score (nSPS) is 19.6. The number of nitrogens with zero attached hydrogens (tertiary/aromatic N) is 4. The van der Waals surface area contributed by atoms with Gasteiger partial charge in [0.15, 0.2) is 0 Å². The number of carbonyl (C=O) groups excluding carboxylic acids is 1. The van der Waals surface area contributed by atoms with Gasteiger partial charge in [-0.05, 0) is 43.4 Å². The number of aromatic nitrogens is 3. The van der Waals surface area contributed by atoms with Crippen molar-refractivity contribution in [1.82, 2.24) is 19.2 Å². The van der Waals surface area contributed by atoms with Gasteiger partial charge in [0.05, 0.1) is 13.2 Å². The second-order valence-electron chi connectivity index (χ2n) is 7.34. The van der Waals surface area contributed by atoms with Crippen LogP contribution in [0.15, 0.2) is 29.1 Å². The van der Waals surface area contributed by atoms with Crippen LogP contribution in [0.2, 0.25) is 0 Å². The molecule has 2 aromatic rings. The summed E-state index contributed by atoms with van der Waals surface area (Å²) >= 11 is 0. The van der Waals surface area contributed by atoms with Crippen LogP contribution in [0.1, 0.15) is 49.5 Å². The van der Waals surface area contributed by atoms with Crippen molar-refractivity contribution < 1.29 is 9.53 Å². The molecule has 1 saturated heterocycles. The molecular formula is C20H26N4O3. The Kier molecular flexibility index (Phi) is 5.01. The minimum absolute atomic E-state index is 0.0193. The van der Waals surface area contributed by atoms with E-state index in [9.17, 15) is 9.59 Å². The lowest BCUT2D eigenvalue weighted by Crippen LogP contribution is -2.37. The van der Waals surface area contributed by atoms with Crippen LogP contribution in [0.4, 0.5) is 0 Å². The molecule has 7 heteroatoms. The quantitative estimate of drug-likeness (QED) is 0.827. The van der Waals surface area contributed by atoms with Gasteiger partial charge in [-0.25, -0.2) is 9.48 Å². The second-order valence-corrected chi connectivity index (χ2v) is 7.34. The Labute approximate surface area is 158 Å². The molecule has 7 nitrogen and oxygen atoms in total. The van der Waals surface area contributed by atoms with E-state index in [0.29, 0.717) is 6.54 Å². The van der Waals surface area contributed by atoms with Crippen molar-refractivity contribution in [3.63, 3.8) is 0 Å². The predicted molar refractivity (Wildman–Crippen MR) is 101 cm³/mol. The second kappa shape index (κ2) is 7.58. The Hall–Kier alpha value is -2.57. The van der Waals surface area contributed by atoms with Crippen molar-refractivity contribution in [2.75, 3.05) is 13.7 Å². The van der Waals surface area contributed by atoms with Crippen molar-refractivity contribution in [3.8, 4) is 5.75 Å². The van der Waals surface area contributed by atoms with E-state index in [1.165, 1.54) is 4.68 Å². The Bertz CT molecular complexity index is 868. The molecule has 4 rings (SSSR count). The van der Waals surface area contributed by atoms with Crippen LogP contribution < -0.4 is 10.4 Å². The first-order chi connectivity index (χ1) is 13.2. The number of rotatable bonds is 4. The van der Waals surface area contributed by atoms with Gasteiger partial charge in [0.1, 0.15) is 18.1 Å². The van der Waals surface area contributed by atoms with Crippen molar-refractivity contribution >= 4 is 5.91 Å². The highest BCUT2D eigenvalue weighted by Crippen LogP contribution is 2.32. The van der Waals surface area contributed by atoms with Gasteiger partial charge in [0, 0.05) is 19.5 Å². The van der Waals surface area contributed by atoms with E-state index in [1.54, 1.807) is 11.7 Å². The smallest absolute Gasteiger partial charge is 0.346 e. The van der Waals surface area contributed by atoms with Gasteiger partial charge >= 0.3 is 5.69 Å². The number of likely N-dealkylation sites (tertiary alicyclic amines) is 1. The predicted octanol–water partition coefficient (Wildman–Crippen LogP) is 2.14. The fraction of sp³-hybridized carbons (Fsp3) is 0.550. The lowest BCUT2D eigenvalue weighted by atomic mass is 10.0. The van der Waals surface area contributed by atoms with Gasteiger partial charge in [-0.1, -0.05) is 18.6 Å². The average Bonchev–Trinajstić information content (AvgIpc) is 3.20. The summed E-state index contributed by atoms with van der Waals surface area (Å²) < 4.78 is 8.31. The molecule has 0 radical (unpaired) electrons. The van der Waals surface area contributed by atoms with E-state index in [4.69, 9.17) is 4.74 Å². The molecule has 1 aromatic carbocycles. The van der Waals surface area contributed by atoms with Crippen LogP contribution in [0, 0.1) is 0 Å². The highest BCUT2D eigenvalue weighted by molar-refractivity contribution is 5.76. The summed E-state index contributed by atoms with van der Waals surface area (Å²) in [7, 11) is 1.64. The maximum atomic E-state index is 12.9. The largest absolute Gasteiger partial charge is 0.497 e. The SMILES string of the molecule is COc1ccc(C2CCCN2C(=O)Cn2nc3n(c2=O)CCCCC3)cc1.